The molecule has 3 nitrogen and oxygen atoms in total. The summed E-state index contributed by atoms with van der Waals surface area (Å²) in [6, 6.07) is 2.19. The van der Waals surface area contributed by atoms with Crippen molar-refractivity contribution in [3.8, 4) is 0 Å². The minimum Gasteiger partial charge on any atom is -0.311 e. The fourth-order valence-electron chi connectivity index (χ4n) is 2.26. The molecule has 1 aliphatic rings. The van der Waals surface area contributed by atoms with Gasteiger partial charge in [0.15, 0.2) is 0 Å². The third kappa shape index (κ3) is 3.23. The average Bonchev–Trinajstić information content (AvgIpc) is 2.97. The Hall–Kier alpha value is -0.540. The van der Waals surface area contributed by atoms with Crippen molar-refractivity contribution in [3.63, 3.8) is 0 Å². The van der Waals surface area contributed by atoms with Crippen molar-refractivity contribution in [2.24, 2.45) is 12.5 Å². The molecule has 1 fully saturated rings. The number of halogens is 1. The first kappa shape index (κ1) is 12.9. The van der Waals surface area contributed by atoms with Gasteiger partial charge in [-0.2, -0.15) is 5.10 Å². The molecule has 0 unspecified atom stereocenters. The molecule has 0 amide bonds. The number of hydrogen-bond donors (Lipinski definition) is 1. The van der Waals surface area contributed by atoms with Crippen molar-refractivity contribution in [1.82, 2.24) is 15.1 Å². The number of aryl methyl sites for hydroxylation is 2. The number of nitrogens with zero attached hydrogens (tertiary/aromatic N) is 2. The summed E-state index contributed by atoms with van der Waals surface area (Å²) >= 11 is 5.83. The van der Waals surface area contributed by atoms with E-state index in [0.717, 1.165) is 31.8 Å². The van der Waals surface area contributed by atoms with Crippen LogP contribution in [-0.4, -0.2) is 22.2 Å². The molecule has 1 aromatic rings. The highest BCUT2D eigenvalue weighted by Crippen LogP contribution is 2.48. The summed E-state index contributed by atoms with van der Waals surface area (Å²) in [4.78, 5) is 0. The number of aromatic nitrogens is 2. The van der Waals surface area contributed by atoms with Crippen LogP contribution in [0.25, 0.3) is 0 Å². The largest absolute Gasteiger partial charge is 0.311 e. The van der Waals surface area contributed by atoms with Gasteiger partial charge in [0.25, 0.3) is 0 Å². The number of hydrogen-bond acceptors (Lipinski definition) is 2. The van der Waals surface area contributed by atoms with Crippen molar-refractivity contribution in [2.75, 3.05) is 12.4 Å². The minimum absolute atomic E-state index is 0.508. The highest BCUT2D eigenvalue weighted by Gasteiger charge is 2.41. The van der Waals surface area contributed by atoms with Gasteiger partial charge in [-0.1, -0.05) is 6.92 Å². The van der Waals surface area contributed by atoms with Crippen molar-refractivity contribution < 1.29 is 0 Å². The normalized spacial score (nSPS) is 17.4. The van der Waals surface area contributed by atoms with Gasteiger partial charge in [0.05, 0.1) is 11.4 Å². The van der Waals surface area contributed by atoms with Crippen LogP contribution in [0.4, 0.5) is 0 Å². The Balaban J connectivity index is 1.80. The van der Waals surface area contributed by atoms with Gasteiger partial charge >= 0.3 is 0 Å². The Bertz CT molecular complexity index is 369. The zero-order valence-electron chi connectivity index (χ0n) is 10.8. The first-order chi connectivity index (χ1) is 8.19. The zero-order valence-corrected chi connectivity index (χ0v) is 11.6. The van der Waals surface area contributed by atoms with E-state index in [1.807, 2.05) is 11.7 Å². The molecule has 0 aliphatic heterocycles. The molecule has 0 spiro atoms. The summed E-state index contributed by atoms with van der Waals surface area (Å²) in [6.45, 7) is 4.14. The Labute approximate surface area is 109 Å². The van der Waals surface area contributed by atoms with Gasteiger partial charge in [0.2, 0.25) is 0 Å². The highest BCUT2D eigenvalue weighted by molar-refractivity contribution is 6.17. The first-order valence-corrected chi connectivity index (χ1v) is 7.01. The van der Waals surface area contributed by atoms with Gasteiger partial charge in [0, 0.05) is 26.0 Å². The number of rotatable bonds is 7. The maximum Gasteiger partial charge on any atom is 0.0625 e. The Morgan fingerprint density at radius 3 is 2.82 bits per heavy atom. The van der Waals surface area contributed by atoms with Crippen LogP contribution in [0.1, 0.15) is 37.6 Å². The van der Waals surface area contributed by atoms with E-state index in [1.165, 1.54) is 24.2 Å². The molecule has 0 aromatic carbocycles. The lowest BCUT2D eigenvalue weighted by Crippen LogP contribution is -2.24. The van der Waals surface area contributed by atoms with Crippen LogP contribution in [-0.2, 0) is 20.0 Å². The third-order valence-electron chi connectivity index (χ3n) is 3.78. The summed E-state index contributed by atoms with van der Waals surface area (Å²) in [7, 11) is 2.02. The number of nitrogens with one attached hydrogen (secondary N) is 1. The van der Waals surface area contributed by atoms with Crippen molar-refractivity contribution >= 4 is 11.6 Å². The van der Waals surface area contributed by atoms with E-state index < -0.39 is 0 Å². The Kier molecular flexibility index (Phi) is 4.10. The lowest BCUT2D eigenvalue weighted by Gasteiger charge is -2.14. The molecule has 1 N–H and O–H groups in total. The molecule has 1 heterocycles. The Morgan fingerprint density at radius 1 is 1.53 bits per heavy atom. The van der Waals surface area contributed by atoms with Crippen molar-refractivity contribution in [3.05, 3.63) is 17.5 Å². The predicted molar refractivity (Wildman–Crippen MR) is 71.3 cm³/mol. The minimum atomic E-state index is 0.508. The lowest BCUT2D eigenvalue weighted by molar-refractivity contribution is 0.440. The predicted octanol–water partition coefficient (Wildman–Crippen LogP) is 2.48. The fourth-order valence-corrected chi connectivity index (χ4v) is 2.66. The van der Waals surface area contributed by atoms with E-state index in [0.29, 0.717) is 5.41 Å². The van der Waals surface area contributed by atoms with Crippen LogP contribution in [0.3, 0.4) is 0 Å². The van der Waals surface area contributed by atoms with Crippen LogP contribution >= 0.6 is 11.6 Å². The van der Waals surface area contributed by atoms with Crippen LogP contribution in [0, 0.1) is 5.41 Å². The summed E-state index contributed by atoms with van der Waals surface area (Å²) in [5, 5.41) is 8.00. The molecule has 2 rings (SSSR count). The standard InChI is InChI=1S/C13H22ClN3/c1-3-11-8-12(17(2)16-11)9-15-10-13(4-5-13)6-7-14/h8,15H,3-7,9-10H2,1-2H3. The van der Waals surface area contributed by atoms with Crippen LogP contribution in [0.15, 0.2) is 6.07 Å². The summed E-state index contributed by atoms with van der Waals surface area (Å²) in [5.41, 5.74) is 2.95. The number of alkyl halides is 1. The quantitative estimate of drug-likeness (QED) is 0.759. The third-order valence-corrected chi connectivity index (χ3v) is 3.97. The van der Waals surface area contributed by atoms with Gasteiger partial charge in [-0.3, -0.25) is 4.68 Å². The molecule has 17 heavy (non-hydrogen) atoms. The van der Waals surface area contributed by atoms with Gasteiger partial charge < -0.3 is 5.32 Å². The molecule has 1 aliphatic carbocycles. The maximum absolute atomic E-state index is 5.83. The van der Waals surface area contributed by atoms with Crippen LogP contribution in [0.5, 0.6) is 0 Å². The molecular weight excluding hydrogens is 234 g/mol. The van der Waals surface area contributed by atoms with Gasteiger partial charge in [-0.05, 0) is 37.2 Å². The second-order valence-electron chi connectivity index (χ2n) is 5.15. The monoisotopic (exact) mass is 255 g/mol. The Morgan fingerprint density at radius 2 is 2.29 bits per heavy atom. The van der Waals surface area contributed by atoms with E-state index in [1.54, 1.807) is 0 Å². The van der Waals surface area contributed by atoms with Gasteiger partial charge in [-0.25, -0.2) is 0 Å². The molecule has 96 valence electrons. The van der Waals surface area contributed by atoms with Crippen LogP contribution in [0.2, 0.25) is 0 Å². The molecular formula is C13H22ClN3. The molecule has 0 bridgehead atoms. The van der Waals surface area contributed by atoms with E-state index >= 15 is 0 Å². The topological polar surface area (TPSA) is 29.9 Å². The van der Waals surface area contributed by atoms with Gasteiger partial charge in [0.1, 0.15) is 0 Å². The second kappa shape index (κ2) is 5.40. The summed E-state index contributed by atoms with van der Waals surface area (Å²) < 4.78 is 1.98. The molecule has 1 saturated carbocycles. The van der Waals surface area contributed by atoms with Crippen molar-refractivity contribution in [2.45, 2.75) is 39.2 Å². The van der Waals surface area contributed by atoms with Crippen molar-refractivity contribution in [1.29, 1.82) is 0 Å². The van der Waals surface area contributed by atoms with E-state index in [-0.39, 0.29) is 0 Å². The molecule has 0 atom stereocenters. The molecule has 4 heteroatoms. The van der Waals surface area contributed by atoms with E-state index in [2.05, 4.69) is 23.4 Å². The van der Waals surface area contributed by atoms with Crippen LogP contribution < -0.4 is 5.32 Å². The molecule has 0 radical (unpaired) electrons. The molecule has 0 saturated heterocycles. The maximum atomic E-state index is 5.83. The van der Waals surface area contributed by atoms with E-state index in [9.17, 15) is 0 Å². The SMILES string of the molecule is CCc1cc(CNCC2(CCCl)CC2)n(C)n1. The lowest BCUT2D eigenvalue weighted by atomic mass is 10.0. The summed E-state index contributed by atoms with van der Waals surface area (Å²) in [6.07, 6.45) is 4.81. The molecule has 1 aromatic heterocycles. The van der Waals surface area contributed by atoms with Gasteiger partial charge in [-0.15, -0.1) is 11.6 Å². The summed E-state index contributed by atoms with van der Waals surface area (Å²) in [5.74, 6) is 0.785. The average molecular weight is 256 g/mol. The highest BCUT2D eigenvalue weighted by atomic mass is 35.5. The first-order valence-electron chi connectivity index (χ1n) is 6.47. The van der Waals surface area contributed by atoms with E-state index in [4.69, 9.17) is 11.6 Å². The fraction of sp³-hybridized carbons (Fsp3) is 0.769. The zero-order chi connectivity index (χ0) is 12.3. The smallest absolute Gasteiger partial charge is 0.0625 e. The second-order valence-corrected chi connectivity index (χ2v) is 5.52.